The molecule has 1 aliphatic rings. The highest BCUT2D eigenvalue weighted by Crippen LogP contribution is 2.40. The molecule has 3 N–H and O–H groups in total. The highest BCUT2D eigenvalue weighted by molar-refractivity contribution is 6.36. The van der Waals surface area contributed by atoms with E-state index < -0.39 is 23.7 Å². The number of benzene rings is 1. The molecule has 0 aliphatic heterocycles. The second kappa shape index (κ2) is 10.8. The van der Waals surface area contributed by atoms with Crippen LogP contribution in [0.25, 0.3) is 11.3 Å². The van der Waals surface area contributed by atoms with Crippen LogP contribution in [0.2, 0.25) is 5.02 Å². The number of nitrogens with zero attached hydrogens (tertiary/aromatic N) is 2. The first-order valence-corrected chi connectivity index (χ1v) is 12.4. The van der Waals surface area contributed by atoms with Crippen molar-refractivity contribution < 1.29 is 28.5 Å². The minimum atomic E-state index is -3.10. The van der Waals surface area contributed by atoms with E-state index >= 15 is 0 Å². The highest BCUT2D eigenvalue weighted by atomic mass is 35.5. The Balaban J connectivity index is 1.95. The van der Waals surface area contributed by atoms with Gasteiger partial charge in [0.15, 0.2) is 5.69 Å². The molecule has 1 heterocycles. The number of aryl methyl sites for hydroxylation is 1. The van der Waals surface area contributed by atoms with Gasteiger partial charge in [0.2, 0.25) is 0 Å². The monoisotopic (exact) mass is 513 g/mol. The number of carbonyl (C=O) groups is 1. The van der Waals surface area contributed by atoms with Crippen molar-refractivity contribution >= 4 is 17.5 Å². The number of hydrogen-bond acceptors (Lipinski definition) is 5. The number of nitrogens with one attached hydrogen (secondary N) is 1. The van der Waals surface area contributed by atoms with Crippen LogP contribution < -0.4 is 10.1 Å². The highest BCUT2D eigenvalue weighted by Gasteiger charge is 2.33. The van der Waals surface area contributed by atoms with E-state index in [4.69, 9.17) is 16.3 Å². The third-order valence-electron chi connectivity index (χ3n) is 6.96. The van der Waals surface area contributed by atoms with Gasteiger partial charge >= 0.3 is 6.61 Å². The van der Waals surface area contributed by atoms with E-state index in [1.807, 2.05) is 0 Å². The molecule has 0 bridgehead atoms. The second-order valence-corrected chi connectivity index (χ2v) is 10.0. The number of alkyl halides is 2. The zero-order chi connectivity index (χ0) is 26.0. The summed E-state index contributed by atoms with van der Waals surface area (Å²) in [6.07, 6.45) is 3.33. The summed E-state index contributed by atoms with van der Waals surface area (Å²) in [5, 5.41) is 28.4. The molecule has 1 atom stereocenters. The van der Waals surface area contributed by atoms with Gasteiger partial charge in [-0.05, 0) is 69.6 Å². The molecule has 1 amide bonds. The van der Waals surface area contributed by atoms with Crippen molar-refractivity contribution in [2.24, 2.45) is 5.92 Å². The van der Waals surface area contributed by atoms with E-state index in [1.165, 1.54) is 16.8 Å². The zero-order valence-electron chi connectivity index (χ0n) is 20.6. The molecule has 0 unspecified atom stereocenters. The van der Waals surface area contributed by atoms with Gasteiger partial charge in [-0.25, -0.2) is 0 Å². The summed E-state index contributed by atoms with van der Waals surface area (Å²) in [4.78, 5) is 12.9. The van der Waals surface area contributed by atoms with Gasteiger partial charge in [-0.2, -0.15) is 13.9 Å². The van der Waals surface area contributed by atoms with Crippen molar-refractivity contribution in [2.45, 2.75) is 84.2 Å². The molecule has 1 aromatic heterocycles. The third kappa shape index (κ3) is 6.13. The quantitative estimate of drug-likeness (QED) is 0.433. The Bertz CT molecular complexity index is 1050. The van der Waals surface area contributed by atoms with E-state index in [9.17, 15) is 23.8 Å². The summed E-state index contributed by atoms with van der Waals surface area (Å²) in [5.74, 6) is -0.196. The molecule has 2 aromatic rings. The number of aromatic nitrogens is 2. The molecule has 1 saturated carbocycles. The standard InChI is InChI=1S/C25H34ClF2N3O4/c1-5-24(4,33)16-7-8-17(18(13-16)35-23(27)28)21-19(26)20(30-31(21)6-2)22(32)29-14-25(34)11-9-15(3)10-12-25/h7-8,13,15,23,33-34H,5-6,9-12,14H2,1-4H3,(H,29,32)/t15?,24-,25?/m0/s1. The average molecular weight is 514 g/mol. The Morgan fingerprint density at radius 1 is 1.37 bits per heavy atom. The van der Waals surface area contributed by atoms with Crippen LogP contribution in [0.5, 0.6) is 5.75 Å². The number of rotatable bonds is 9. The van der Waals surface area contributed by atoms with Crippen LogP contribution in [0, 0.1) is 5.92 Å². The normalized spacial score (nSPS) is 22.2. The molecule has 194 valence electrons. The van der Waals surface area contributed by atoms with Crippen molar-refractivity contribution in [3.8, 4) is 17.0 Å². The fraction of sp³-hybridized carbons (Fsp3) is 0.600. The molecule has 1 aromatic carbocycles. The van der Waals surface area contributed by atoms with E-state index in [1.54, 1.807) is 26.8 Å². The predicted octanol–water partition coefficient (Wildman–Crippen LogP) is 5.11. The number of aliphatic hydroxyl groups is 2. The van der Waals surface area contributed by atoms with Crippen molar-refractivity contribution in [3.05, 3.63) is 34.5 Å². The molecule has 7 nitrogen and oxygen atoms in total. The SMILES string of the molecule is CCn1nc(C(=O)NCC2(O)CCC(C)CC2)c(Cl)c1-c1ccc([C@@](C)(O)CC)cc1OC(F)F. The molecule has 10 heteroatoms. The van der Waals surface area contributed by atoms with Crippen LogP contribution >= 0.6 is 11.6 Å². The topological polar surface area (TPSA) is 96.6 Å². The number of ether oxygens (including phenoxy) is 1. The smallest absolute Gasteiger partial charge is 0.387 e. The summed E-state index contributed by atoms with van der Waals surface area (Å²) >= 11 is 6.58. The van der Waals surface area contributed by atoms with Crippen LogP contribution in [0.4, 0.5) is 8.78 Å². The first-order chi connectivity index (χ1) is 16.4. The zero-order valence-corrected chi connectivity index (χ0v) is 21.3. The number of carbonyl (C=O) groups excluding carboxylic acids is 1. The molecule has 1 aliphatic carbocycles. The maximum Gasteiger partial charge on any atom is 0.387 e. The molecule has 0 spiro atoms. The van der Waals surface area contributed by atoms with Crippen molar-refractivity contribution in [1.82, 2.24) is 15.1 Å². The molecular weight excluding hydrogens is 480 g/mol. The summed E-state index contributed by atoms with van der Waals surface area (Å²) in [7, 11) is 0. The number of amides is 1. The van der Waals surface area contributed by atoms with Gasteiger partial charge in [0.1, 0.15) is 5.75 Å². The lowest BCUT2D eigenvalue weighted by molar-refractivity contribution is -0.0498. The lowest BCUT2D eigenvalue weighted by Gasteiger charge is -2.34. The van der Waals surface area contributed by atoms with Gasteiger partial charge in [0, 0.05) is 18.7 Å². The van der Waals surface area contributed by atoms with Gasteiger partial charge in [-0.3, -0.25) is 9.48 Å². The van der Waals surface area contributed by atoms with E-state index in [0.717, 1.165) is 12.8 Å². The molecule has 0 saturated heterocycles. The maximum atomic E-state index is 13.3. The summed E-state index contributed by atoms with van der Waals surface area (Å²) in [5.41, 5.74) is -1.40. The van der Waals surface area contributed by atoms with Gasteiger partial charge < -0.3 is 20.3 Å². The Kier molecular flexibility index (Phi) is 8.44. The van der Waals surface area contributed by atoms with Gasteiger partial charge in [-0.1, -0.05) is 31.5 Å². The van der Waals surface area contributed by atoms with Crippen LogP contribution in [-0.4, -0.2) is 44.7 Å². The minimum Gasteiger partial charge on any atom is -0.434 e. The Morgan fingerprint density at radius 3 is 2.60 bits per heavy atom. The van der Waals surface area contributed by atoms with Crippen LogP contribution in [-0.2, 0) is 12.1 Å². The predicted molar refractivity (Wildman–Crippen MR) is 130 cm³/mol. The third-order valence-corrected chi connectivity index (χ3v) is 7.31. The first kappa shape index (κ1) is 27.4. The van der Waals surface area contributed by atoms with E-state index in [0.29, 0.717) is 37.3 Å². The molecule has 35 heavy (non-hydrogen) atoms. The van der Waals surface area contributed by atoms with Crippen LogP contribution in [0.3, 0.4) is 0 Å². The van der Waals surface area contributed by atoms with E-state index in [-0.39, 0.29) is 34.3 Å². The summed E-state index contributed by atoms with van der Waals surface area (Å²) < 4.78 is 32.7. The summed E-state index contributed by atoms with van der Waals surface area (Å²) in [6, 6.07) is 4.49. The lowest BCUT2D eigenvalue weighted by atomic mass is 9.79. The molecular formula is C25H34ClF2N3O4. The maximum absolute atomic E-state index is 13.3. The summed E-state index contributed by atoms with van der Waals surface area (Å²) in [6.45, 7) is 4.56. The fourth-order valence-electron chi connectivity index (χ4n) is 4.33. The van der Waals surface area contributed by atoms with Crippen LogP contribution in [0.15, 0.2) is 18.2 Å². The second-order valence-electron chi connectivity index (χ2n) is 9.63. The molecule has 0 radical (unpaired) electrons. The van der Waals surface area contributed by atoms with Gasteiger partial charge in [-0.15, -0.1) is 0 Å². The molecule has 1 fully saturated rings. The van der Waals surface area contributed by atoms with Crippen molar-refractivity contribution in [3.63, 3.8) is 0 Å². The van der Waals surface area contributed by atoms with Crippen molar-refractivity contribution in [1.29, 1.82) is 0 Å². The lowest BCUT2D eigenvalue weighted by Crippen LogP contribution is -2.45. The first-order valence-electron chi connectivity index (χ1n) is 12.0. The number of halogens is 3. The Labute approximate surface area is 209 Å². The van der Waals surface area contributed by atoms with Gasteiger partial charge in [0.05, 0.1) is 21.9 Å². The molecule has 3 rings (SSSR count). The average Bonchev–Trinajstić information content (AvgIpc) is 3.15. The number of hydrogen-bond donors (Lipinski definition) is 3. The minimum absolute atomic E-state index is 0.0114. The Hall–Kier alpha value is -2.23. The van der Waals surface area contributed by atoms with Crippen molar-refractivity contribution in [2.75, 3.05) is 6.54 Å². The largest absolute Gasteiger partial charge is 0.434 e. The van der Waals surface area contributed by atoms with Gasteiger partial charge in [0.25, 0.3) is 5.91 Å². The van der Waals surface area contributed by atoms with E-state index in [2.05, 4.69) is 17.3 Å². The fourth-order valence-corrected chi connectivity index (χ4v) is 4.65. The van der Waals surface area contributed by atoms with Crippen LogP contribution in [0.1, 0.15) is 75.9 Å². The Morgan fingerprint density at radius 2 is 2.03 bits per heavy atom.